The van der Waals surface area contributed by atoms with Crippen LogP contribution in [0.5, 0.6) is 0 Å². The van der Waals surface area contributed by atoms with Crippen molar-refractivity contribution in [3.63, 3.8) is 0 Å². The maximum atomic E-state index is 11.3. The number of hydrogen-bond acceptors (Lipinski definition) is 4. The molecule has 0 aromatic carbocycles. The zero-order valence-electron chi connectivity index (χ0n) is 13.5. The van der Waals surface area contributed by atoms with Gasteiger partial charge in [-0.05, 0) is 44.9 Å². The molecule has 0 atom stereocenters. The first-order chi connectivity index (χ1) is 9.71. The predicted molar refractivity (Wildman–Crippen MR) is 79.4 cm³/mol. The van der Waals surface area contributed by atoms with Gasteiger partial charge in [-0.25, -0.2) is 14.8 Å². The van der Waals surface area contributed by atoms with E-state index < -0.39 is 11.6 Å². The zero-order chi connectivity index (χ0) is 15.8. The summed E-state index contributed by atoms with van der Waals surface area (Å²) in [6.07, 6.45) is 3.82. The fourth-order valence-corrected chi connectivity index (χ4v) is 3.08. The molecule has 5 nitrogen and oxygen atoms in total. The molecule has 0 unspecified atom stereocenters. The molecule has 1 N–H and O–H groups in total. The standard InChI is InChI=1S/C16H24N2O3/c1-10-12(13(19)20)11(2)18-14(17-10)16(21-5)8-6-15(3,4)7-9-16/h6-9H2,1-5H3,(H,19,20). The highest BCUT2D eigenvalue weighted by Crippen LogP contribution is 2.46. The van der Waals surface area contributed by atoms with Crippen molar-refractivity contribution in [2.75, 3.05) is 7.11 Å². The van der Waals surface area contributed by atoms with E-state index in [4.69, 9.17) is 4.74 Å². The van der Waals surface area contributed by atoms with Crippen LogP contribution in [0.2, 0.25) is 0 Å². The van der Waals surface area contributed by atoms with Gasteiger partial charge < -0.3 is 9.84 Å². The number of rotatable bonds is 3. The summed E-state index contributed by atoms with van der Waals surface area (Å²) in [6.45, 7) is 7.96. The van der Waals surface area contributed by atoms with Crippen LogP contribution in [-0.4, -0.2) is 28.2 Å². The zero-order valence-corrected chi connectivity index (χ0v) is 13.5. The first-order valence-corrected chi connectivity index (χ1v) is 7.35. The van der Waals surface area contributed by atoms with E-state index in [0.717, 1.165) is 25.7 Å². The van der Waals surface area contributed by atoms with Gasteiger partial charge in [0.15, 0.2) is 5.82 Å². The van der Waals surface area contributed by atoms with Crippen LogP contribution in [-0.2, 0) is 10.3 Å². The van der Waals surface area contributed by atoms with E-state index in [-0.39, 0.29) is 5.56 Å². The minimum absolute atomic E-state index is 0.196. The van der Waals surface area contributed by atoms with Gasteiger partial charge in [-0.3, -0.25) is 0 Å². The maximum Gasteiger partial charge on any atom is 0.339 e. The van der Waals surface area contributed by atoms with Gasteiger partial charge in [0.2, 0.25) is 0 Å². The highest BCUT2D eigenvalue weighted by molar-refractivity contribution is 5.89. The third-order valence-corrected chi connectivity index (χ3v) is 4.69. The van der Waals surface area contributed by atoms with Crippen molar-refractivity contribution in [2.45, 2.75) is 59.0 Å². The highest BCUT2D eigenvalue weighted by atomic mass is 16.5. The van der Waals surface area contributed by atoms with Gasteiger partial charge in [-0.2, -0.15) is 0 Å². The van der Waals surface area contributed by atoms with Gasteiger partial charge >= 0.3 is 5.97 Å². The number of hydrogen-bond donors (Lipinski definition) is 1. The molecule has 1 aliphatic carbocycles. The lowest BCUT2D eigenvalue weighted by Crippen LogP contribution is -2.38. The Labute approximate surface area is 125 Å². The quantitative estimate of drug-likeness (QED) is 0.926. The summed E-state index contributed by atoms with van der Waals surface area (Å²) in [7, 11) is 1.69. The van der Waals surface area contributed by atoms with Crippen molar-refractivity contribution in [1.82, 2.24) is 9.97 Å². The second-order valence-corrected chi connectivity index (χ2v) is 6.76. The molecule has 1 aliphatic rings. The third-order valence-electron chi connectivity index (χ3n) is 4.69. The molecule has 0 aliphatic heterocycles. The Balaban J connectivity index is 2.43. The molecule has 1 heterocycles. The number of nitrogens with zero attached hydrogens (tertiary/aromatic N) is 2. The van der Waals surface area contributed by atoms with E-state index in [2.05, 4.69) is 23.8 Å². The summed E-state index contributed by atoms with van der Waals surface area (Å²) in [5.41, 5.74) is 1.04. The minimum atomic E-state index is -0.979. The Morgan fingerprint density at radius 2 is 1.57 bits per heavy atom. The lowest BCUT2D eigenvalue weighted by molar-refractivity contribution is -0.0731. The van der Waals surface area contributed by atoms with Crippen molar-refractivity contribution >= 4 is 5.97 Å². The Bertz CT molecular complexity index is 534. The van der Waals surface area contributed by atoms with Crippen LogP contribution in [0.3, 0.4) is 0 Å². The molecule has 5 heteroatoms. The van der Waals surface area contributed by atoms with E-state index >= 15 is 0 Å². The molecule has 0 saturated heterocycles. The summed E-state index contributed by atoms with van der Waals surface area (Å²) in [6, 6.07) is 0. The van der Waals surface area contributed by atoms with E-state index in [1.165, 1.54) is 0 Å². The number of carboxylic acids is 1. The second kappa shape index (κ2) is 5.37. The predicted octanol–water partition coefficient (Wildman–Crippen LogP) is 3.23. The molecule has 0 amide bonds. The first kappa shape index (κ1) is 15.9. The van der Waals surface area contributed by atoms with Gasteiger partial charge in [-0.1, -0.05) is 13.8 Å². The number of aryl methyl sites for hydroxylation is 2. The van der Waals surface area contributed by atoms with Crippen molar-refractivity contribution in [1.29, 1.82) is 0 Å². The lowest BCUT2D eigenvalue weighted by Gasteiger charge is -2.41. The van der Waals surface area contributed by atoms with E-state index in [1.807, 2.05) is 0 Å². The maximum absolute atomic E-state index is 11.3. The third kappa shape index (κ3) is 2.93. The molecule has 21 heavy (non-hydrogen) atoms. The summed E-state index contributed by atoms with van der Waals surface area (Å²) in [5.74, 6) is -0.353. The fourth-order valence-electron chi connectivity index (χ4n) is 3.08. The average molecular weight is 292 g/mol. The van der Waals surface area contributed by atoms with Crippen LogP contribution in [0.4, 0.5) is 0 Å². The Morgan fingerprint density at radius 1 is 1.10 bits per heavy atom. The van der Waals surface area contributed by atoms with E-state index in [0.29, 0.717) is 22.6 Å². The van der Waals surface area contributed by atoms with Gasteiger partial charge in [0.25, 0.3) is 0 Å². The molecule has 0 bridgehead atoms. The lowest BCUT2D eigenvalue weighted by atomic mass is 9.70. The first-order valence-electron chi connectivity index (χ1n) is 7.35. The number of carboxylic acid groups (broad SMARTS) is 1. The number of carbonyl (C=O) groups is 1. The number of aromatic carboxylic acids is 1. The second-order valence-electron chi connectivity index (χ2n) is 6.76. The van der Waals surface area contributed by atoms with Crippen LogP contribution < -0.4 is 0 Å². The van der Waals surface area contributed by atoms with Crippen LogP contribution in [0.15, 0.2) is 0 Å². The number of methoxy groups -OCH3 is 1. The SMILES string of the molecule is COC1(c2nc(C)c(C(=O)O)c(C)n2)CCC(C)(C)CC1. The van der Waals surface area contributed by atoms with Gasteiger partial charge in [0.1, 0.15) is 11.2 Å². The topological polar surface area (TPSA) is 72.3 Å². The monoisotopic (exact) mass is 292 g/mol. The van der Waals surface area contributed by atoms with Crippen LogP contribution >= 0.6 is 0 Å². The van der Waals surface area contributed by atoms with E-state index in [1.54, 1.807) is 21.0 Å². The summed E-state index contributed by atoms with van der Waals surface area (Å²) in [5, 5.41) is 9.23. The summed E-state index contributed by atoms with van der Waals surface area (Å²) in [4.78, 5) is 20.2. The molecule has 0 radical (unpaired) electrons. The molecular weight excluding hydrogens is 268 g/mol. The molecular formula is C16H24N2O3. The van der Waals surface area contributed by atoms with Crippen LogP contribution in [0, 0.1) is 19.3 Å². The molecule has 116 valence electrons. The van der Waals surface area contributed by atoms with Crippen LogP contribution in [0.1, 0.15) is 67.1 Å². The molecule has 0 spiro atoms. The van der Waals surface area contributed by atoms with E-state index in [9.17, 15) is 9.90 Å². The summed E-state index contributed by atoms with van der Waals surface area (Å²) >= 11 is 0. The number of ether oxygens (including phenoxy) is 1. The van der Waals surface area contributed by atoms with Crippen molar-refractivity contribution in [2.24, 2.45) is 5.41 Å². The normalized spacial score (nSPS) is 20.2. The molecule has 2 rings (SSSR count). The fraction of sp³-hybridized carbons (Fsp3) is 0.688. The van der Waals surface area contributed by atoms with Crippen molar-refractivity contribution in [3.05, 3.63) is 22.8 Å². The molecule has 1 fully saturated rings. The largest absolute Gasteiger partial charge is 0.478 e. The number of aromatic nitrogens is 2. The van der Waals surface area contributed by atoms with Gasteiger partial charge in [0.05, 0.1) is 11.4 Å². The Hall–Kier alpha value is -1.49. The Morgan fingerprint density at radius 3 is 1.95 bits per heavy atom. The molecule has 1 saturated carbocycles. The summed E-state index contributed by atoms with van der Waals surface area (Å²) < 4.78 is 5.80. The van der Waals surface area contributed by atoms with Crippen LogP contribution in [0.25, 0.3) is 0 Å². The minimum Gasteiger partial charge on any atom is -0.478 e. The smallest absolute Gasteiger partial charge is 0.339 e. The van der Waals surface area contributed by atoms with Crippen molar-refractivity contribution < 1.29 is 14.6 Å². The van der Waals surface area contributed by atoms with Gasteiger partial charge in [-0.15, -0.1) is 0 Å². The van der Waals surface area contributed by atoms with Gasteiger partial charge in [0, 0.05) is 7.11 Å². The average Bonchev–Trinajstić information content (AvgIpc) is 2.38. The Kier molecular flexibility index (Phi) is 4.06. The molecule has 1 aromatic rings. The highest BCUT2D eigenvalue weighted by Gasteiger charge is 2.42. The molecule has 1 aromatic heterocycles. The van der Waals surface area contributed by atoms with Crippen molar-refractivity contribution in [3.8, 4) is 0 Å².